The SMILES string of the molecule is Cc1ccc(-c2csc(=O)n2CCC(=O)O)c(C)c1. The van der Waals surface area contributed by atoms with Crippen LogP contribution in [0.5, 0.6) is 0 Å². The zero-order valence-electron chi connectivity index (χ0n) is 10.8. The molecule has 0 bridgehead atoms. The lowest BCUT2D eigenvalue weighted by atomic mass is 10.0. The Balaban J connectivity index is 2.45. The molecule has 0 saturated carbocycles. The molecule has 0 amide bonds. The summed E-state index contributed by atoms with van der Waals surface area (Å²) >= 11 is 1.10. The van der Waals surface area contributed by atoms with Gasteiger partial charge in [0.25, 0.3) is 0 Å². The minimum atomic E-state index is -0.898. The Morgan fingerprint density at radius 2 is 2.11 bits per heavy atom. The van der Waals surface area contributed by atoms with Crippen LogP contribution in [-0.2, 0) is 11.3 Å². The first-order valence-electron chi connectivity index (χ1n) is 5.97. The van der Waals surface area contributed by atoms with Crippen molar-refractivity contribution in [3.05, 3.63) is 44.4 Å². The van der Waals surface area contributed by atoms with E-state index in [2.05, 4.69) is 6.07 Å². The molecule has 0 aliphatic heterocycles. The van der Waals surface area contributed by atoms with E-state index >= 15 is 0 Å². The van der Waals surface area contributed by atoms with Crippen molar-refractivity contribution in [3.8, 4) is 11.3 Å². The second-order valence-corrected chi connectivity index (χ2v) is 5.32. The van der Waals surface area contributed by atoms with Crippen molar-refractivity contribution in [2.24, 2.45) is 0 Å². The van der Waals surface area contributed by atoms with Gasteiger partial charge in [0.15, 0.2) is 0 Å². The molecule has 0 unspecified atom stereocenters. The molecule has 1 aromatic heterocycles. The summed E-state index contributed by atoms with van der Waals surface area (Å²) in [4.78, 5) is 22.3. The molecule has 1 N–H and O–H groups in total. The van der Waals surface area contributed by atoms with E-state index in [-0.39, 0.29) is 17.8 Å². The standard InChI is InChI=1S/C14H15NO3S/c1-9-3-4-11(10(2)7-9)12-8-19-14(18)15(12)6-5-13(16)17/h3-4,7-8H,5-6H2,1-2H3,(H,16,17). The van der Waals surface area contributed by atoms with Crippen LogP contribution in [0.15, 0.2) is 28.4 Å². The Hall–Kier alpha value is -1.88. The first-order chi connectivity index (χ1) is 8.99. The first kappa shape index (κ1) is 13.5. The Labute approximate surface area is 115 Å². The zero-order valence-corrected chi connectivity index (χ0v) is 11.7. The molecule has 0 aliphatic carbocycles. The summed E-state index contributed by atoms with van der Waals surface area (Å²) in [5, 5.41) is 10.5. The number of aliphatic carboxylic acids is 1. The van der Waals surface area contributed by atoms with Gasteiger partial charge in [-0.3, -0.25) is 14.2 Å². The summed E-state index contributed by atoms with van der Waals surface area (Å²) < 4.78 is 1.54. The van der Waals surface area contributed by atoms with E-state index in [1.165, 1.54) is 4.57 Å². The highest BCUT2D eigenvalue weighted by molar-refractivity contribution is 7.07. The Morgan fingerprint density at radius 1 is 1.37 bits per heavy atom. The van der Waals surface area contributed by atoms with Gasteiger partial charge >= 0.3 is 10.8 Å². The van der Waals surface area contributed by atoms with Gasteiger partial charge in [0.2, 0.25) is 0 Å². The predicted molar refractivity (Wildman–Crippen MR) is 75.7 cm³/mol. The maximum absolute atomic E-state index is 11.8. The Kier molecular flexibility index (Phi) is 3.85. The van der Waals surface area contributed by atoms with E-state index in [1.807, 2.05) is 26.0 Å². The third-order valence-electron chi connectivity index (χ3n) is 2.99. The van der Waals surface area contributed by atoms with Gasteiger partial charge in [-0.1, -0.05) is 35.1 Å². The zero-order chi connectivity index (χ0) is 14.0. The number of carboxylic acid groups (broad SMARTS) is 1. The average Bonchev–Trinajstić information content (AvgIpc) is 2.68. The number of rotatable bonds is 4. The summed E-state index contributed by atoms with van der Waals surface area (Å²) in [5.41, 5.74) is 4.03. The highest BCUT2D eigenvalue weighted by Gasteiger charge is 2.12. The van der Waals surface area contributed by atoms with Gasteiger partial charge in [-0.25, -0.2) is 0 Å². The van der Waals surface area contributed by atoms with Gasteiger partial charge in [-0.15, -0.1) is 0 Å². The number of nitrogens with zero attached hydrogens (tertiary/aromatic N) is 1. The van der Waals surface area contributed by atoms with E-state index in [1.54, 1.807) is 5.38 Å². The lowest BCUT2D eigenvalue weighted by Crippen LogP contribution is -2.16. The van der Waals surface area contributed by atoms with Crippen molar-refractivity contribution in [2.75, 3.05) is 0 Å². The number of carbonyl (C=O) groups is 1. The summed E-state index contributed by atoms with van der Waals surface area (Å²) in [7, 11) is 0. The third-order valence-corrected chi connectivity index (χ3v) is 3.75. The fourth-order valence-corrected chi connectivity index (χ4v) is 2.84. The van der Waals surface area contributed by atoms with E-state index in [9.17, 15) is 9.59 Å². The number of thiazole rings is 1. The molecule has 19 heavy (non-hydrogen) atoms. The molecular weight excluding hydrogens is 262 g/mol. The molecule has 0 radical (unpaired) electrons. The number of hydrogen-bond donors (Lipinski definition) is 1. The lowest BCUT2D eigenvalue weighted by molar-refractivity contribution is -0.137. The van der Waals surface area contributed by atoms with E-state index in [4.69, 9.17) is 5.11 Å². The number of benzene rings is 1. The minimum absolute atomic E-state index is 0.0471. The van der Waals surface area contributed by atoms with Gasteiger partial charge in [-0.05, 0) is 19.4 Å². The molecule has 0 fully saturated rings. The molecule has 2 rings (SSSR count). The molecule has 2 aromatic rings. The van der Waals surface area contributed by atoms with E-state index in [0.29, 0.717) is 0 Å². The first-order valence-corrected chi connectivity index (χ1v) is 6.85. The minimum Gasteiger partial charge on any atom is -0.481 e. The third kappa shape index (κ3) is 2.93. The molecule has 100 valence electrons. The van der Waals surface area contributed by atoms with Crippen LogP contribution in [0, 0.1) is 13.8 Å². The highest BCUT2D eigenvalue weighted by Crippen LogP contribution is 2.24. The fraction of sp³-hybridized carbons (Fsp3) is 0.286. The van der Waals surface area contributed by atoms with Crippen LogP contribution >= 0.6 is 11.3 Å². The second kappa shape index (κ2) is 5.40. The Bertz CT molecular complexity index is 670. The topological polar surface area (TPSA) is 59.3 Å². The monoisotopic (exact) mass is 277 g/mol. The van der Waals surface area contributed by atoms with Crippen molar-refractivity contribution in [1.29, 1.82) is 0 Å². The second-order valence-electron chi connectivity index (χ2n) is 4.50. The summed E-state index contributed by atoms with van der Waals surface area (Å²) in [6.07, 6.45) is -0.0471. The van der Waals surface area contributed by atoms with Crippen molar-refractivity contribution in [3.63, 3.8) is 0 Å². The van der Waals surface area contributed by atoms with E-state index < -0.39 is 5.97 Å². The maximum Gasteiger partial charge on any atom is 0.307 e. The van der Waals surface area contributed by atoms with Crippen LogP contribution in [0.4, 0.5) is 0 Å². The van der Waals surface area contributed by atoms with Crippen molar-refractivity contribution < 1.29 is 9.90 Å². The largest absolute Gasteiger partial charge is 0.481 e. The molecule has 0 atom stereocenters. The van der Waals surface area contributed by atoms with Gasteiger partial charge in [0.05, 0.1) is 12.1 Å². The van der Waals surface area contributed by atoms with Crippen LogP contribution < -0.4 is 4.87 Å². The molecule has 0 spiro atoms. The Morgan fingerprint density at radius 3 is 2.74 bits per heavy atom. The van der Waals surface area contributed by atoms with Crippen LogP contribution in [-0.4, -0.2) is 15.6 Å². The molecule has 1 heterocycles. The van der Waals surface area contributed by atoms with Gasteiger partial charge in [0.1, 0.15) is 0 Å². The van der Waals surface area contributed by atoms with Crippen LogP contribution in [0.25, 0.3) is 11.3 Å². The number of aryl methyl sites for hydroxylation is 2. The number of carboxylic acids is 1. The number of hydrogen-bond acceptors (Lipinski definition) is 3. The highest BCUT2D eigenvalue weighted by atomic mass is 32.1. The van der Waals surface area contributed by atoms with Crippen LogP contribution in [0.2, 0.25) is 0 Å². The normalized spacial score (nSPS) is 10.6. The predicted octanol–water partition coefficient (Wildman–Crippen LogP) is 2.67. The van der Waals surface area contributed by atoms with Crippen LogP contribution in [0.1, 0.15) is 17.5 Å². The van der Waals surface area contributed by atoms with Crippen molar-refractivity contribution >= 4 is 17.3 Å². The lowest BCUT2D eigenvalue weighted by Gasteiger charge is -2.09. The molecular formula is C14H15NO3S. The van der Waals surface area contributed by atoms with Crippen molar-refractivity contribution in [1.82, 2.24) is 4.57 Å². The molecule has 1 aromatic carbocycles. The summed E-state index contributed by atoms with van der Waals surface area (Å²) in [5.74, 6) is -0.898. The van der Waals surface area contributed by atoms with E-state index in [0.717, 1.165) is 33.7 Å². The van der Waals surface area contributed by atoms with Gasteiger partial charge in [-0.2, -0.15) is 0 Å². The smallest absolute Gasteiger partial charge is 0.307 e. The molecule has 0 saturated heterocycles. The van der Waals surface area contributed by atoms with Gasteiger partial charge in [0, 0.05) is 17.5 Å². The average molecular weight is 277 g/mol. The fourth-order valence-electron chi connectivity index (χ4n) is 2.06. The quantitative estimate of drug-likeness (QED) is 0.934. The summed E-state index contributed by atoms with van der Waals surface area (Å²) in [6.45, 7) is 4.22. The summed E-state index contributed by atoms with van der Waals surface area (Å²) in [6, 6.07) is 6.02. The van der Waals surface area contributed by atoms with Gasteiger partial charge < -0.3 is 5.11 Å². The molecule has 4 nitrogen and oxygen atoms in total. The number of aromatic nitrogens is 1. The van der Waals surface area contributed by atoms with Crippen molar-refractivity contribution in [2.45, 2.75) is 26.8 Å². The maximum atomic E-state index is 11.8. The van der Waals surface area contributed by atoms with Crippen LogP contribution in [0.3, 0.4) is 0 Å². The molecule has 0 aliphatic rings. The molecule has 5 heteroatoms.